The first-order valence-electron chi connectivity index (χ1n) is 4.65. The Morgan fingerprint density at radius 2 is 2.43 bits per heavy atom. The standard InChI is InChI=1S/C9H12N2O2S/c10-8(3-6-1-2-6)7-4-9(11(12)13)14-5-7/h4-6,8H,1-3,10H2/t8-/m0/s1. The summed E-state index contributed by atoms with van der Waals surface area (Å²) in [6.07, 6.45) is 3.49. The quantitative estimate of drug-likeness (QED) is 0.615. The summed E-state index contributed by atoms with van der Waals surface area (Å²) in [5, 5.41) is 12.4. The predicted molar refractivity (Wildman–Crippen MR) is 55.2 cm³/mol. The van der Waals surface area contributed by atoms with Crippen molar-refractivity contribution in [2.45, 2.75) is 25.3 Å². The highest BCUT2D eigenvalue weighted by molar-refractivity contribution is 7.13. The normalized spacial score (nSPS) is 18.1. The Morgan fingerprint density at radius 3 is 2.93 bits per heavy atom. The molecule has 0 aliphatic heterocycles. The molecule has 0 bridgehead atoms. The molecule has 76 valence electrons. The summed E-state index contributed by atoms with van der Waals surface area (Å²) in [5.74, 6) is 0.754. The fourth-order valence-corrected chi connectivity index (χ4v) is 2.27. The number of nitrogens with two attached hydrogens (primary N) is 1. The van der Waals surface area contributed by atoms with Gasteiger partial charge in [-0.15, -0.1) is 0 Å². The van der Waals surface area contributed by atoms with Gasteiger partial charge in [0, 0.05) is 17.5 Å². The van der Waals surface area contributed by atoms with Crippen molar-refractivity contribution in [3.63, 3.8) is 0 Å². The van der Waals surface area contributed by atoms with Gasteiger partial charge >= 0.3 is 5.00 Å². The lowest BCUT2D eigenvalue weighted by Gasteiger charge is -2.07. The number of hydrogen-bond acceptors (Lipinski definition) is 4. The van der Waals surface area contributed by atoms with Crippen LogP contribution < -0.4 is 5.73 Å². The van der Waals surface area contributed by atoms with Crippen LogP contribution in [0, 0.1) is 16.0 Å². The number of rotatable bonds is 4. The third-order valence-corrected chi connectivity index (χ3v) is 3.40. The molecule has 1 fully saturated rings. The van der Waals surface area contributed by atoms with E-state index in [1.54, 1.807) is 11.4 Å². The fraction of sp³-hybridized carbons (Fsp3) is 0.556. The zero-order valence-electron chi connectivity index (χ0n) is 7.68. The lowest BCUT2D eigenvalue weighted by molar-refractivity contribution is -0.380. The van der Waals surface area contributed by atoms with E-state index in [-0.39, 0.29) is 16.0 Å². The molecular weight excluding hydrogens is 200 g/mol. The Kier molecular flexibility index (Phi) is 2.52. The highest BCUT2D eigenvalue weighted by Crippen LogP contribution is 2.38. The van der Waals surface area contributed by atoms with Crippen molar-refractivity contribution in [1.82, 2.24) is 0 Å². The van der Waals surface area contributed by atoms with Crippen LogP contribution in [0.15, 0.2) is 11.4 Å². The molecule has 0 amide bonds. The summed E-state index contributed by atoms with van der Waals surface area (Å²) in [6.45, 7) is 0. The Labute approximate surface area is 85.9 Å². The fourth-order valence-electron chi connectivity index (χ4n) is 1.48. The molecule has 1 aliphatic carbocycles. The van der Waals surface area contributed by atoms with Gasteiger partial charge in [-0.3, -0.25) is 10.1 Å². The smallest absolute Gasteiger partial charge is 0.324 e. The highest BCUT2D eigenvalue weighted by Gasteiger charge is 2.25. The molecule has 0 radical (unpaired) electrons. The number of nitrogens with zero attached hydrogens (tertiary/aromatic N) is 1. The van der Waals surface area contributed by atoms with Crippen LogP contribution >= 0.6 is 11.3 Å². The second-order valence-corrected chi connectivity index (χ2v) is 4.65. The van der Waals surface area contributed by atoms with Crippen LogP contribution in [0.25, 0.3) is 0 Å². The molecule has 0 spiro atoms. The van der Waals surface area contributed by atoms with E-state index < -0.39 is 0 Å². The number of nitro groups is 1. The van der Waals surface area contributed by atoms with Gasteiger partial charge < -0.3 is 5.73 Å². The van der Waals surface area contributed by atoms with Crippen molar-refractivity contribution in [3.8, 4) is 0 Å². The maximum absolute atomic E-state index is 10.4. The van der Waals surface area contributed by atoms with E-state index in [0.29, 0.717) is 0 Å². The monoisotopic (exact) mass is 212 g/mol. The van der Waals surface area contributed by atoms with Crippen LogP contribution in [0.4, 0.5) is 5.00 Å². The van der Waals surface area contributed by atoms with Gasteiger partial charge in [0.1, 0.15) is 0 Å². The first-order valence-corrected chi connectivity index (χ1v) is 5.53. The van der Waals surface area contributed by atoms with Crippen LogP contribution in [0.2, 0.25) is 0 Å². The lowest BCUT2D eigenvalue weighted by Crippen LogP contribution is -2.09. The molecule has 0 aromatic carbocycles. The zero-order valence-corrected chi connectivity index (χ0v) is 8.50. The second-order valence-electron chi connectivity index (χ2n) is 3.76. The van der Waals surface area contributed by atoms with Gasteiger partial charge in [-0.2, -0.15) is 0 Å². The van der Waals surface area contributed by atoms with E-state index >= 15 is 0 Å². The van der Waals surface area contributed by atoms with Crippen LogP contribution in [0.1, 0.15) is 30.9 Å². The number of hydrogen-bond donors (Lipinski definition) is 1. The van der Waals surface area contributed by atoms with Gasteiger partial charge in [0.2, 0.25) is 0 Å². The molecule has 1 atom stereocenters. The predicted octanol–water partition coefficient (Wildman–Crippen LogP) is 2.46. The number of thiophene rings is 1. The van der Waals surface area contributed by atoms with Crippen molar-refractivity contribution in [1.29, 1.82) is 0 Å². The van der Waals surface area contributed by atoms with Crippen molar-refractivity contribution in [3.05, 3.63) is 27.1 Å². The van der Waals surface area contributed by atoms with Crippen molar-refractivity contribution >= 4 is 16.3 Å². The molecule has 1 aromatic rings. The van der Waals surface area contributed by atoms with Gasteiger partial charge in [0.15, 0.2) is 0 Å². The van der Waals surface area contributed by atoms with E-state index in [9.17, 15) is 10.1 Å². The first-order chi connectivity index (χ1) is 6.66. The summed E-state index contributed by atoms with van der Waals surface area (Å²) < 4.78 is 0. The molecule has 4 nitrogen and oxygen atoms in total. The average Bonchev–Trinajstić information content (AvgIpc) is 2.81. The Morgan fingerprint density at radius 1 is 1.71 bits per heavy atom. The average molecular weight is 212 g/mol. The zero-order chi connectivity index (χ0) is 10.1. The molecule has 1 heterocycles. The Bertz CT molecular complexity index is 346. The third kappa shape index (κ3) is 2.10. The van der Waals surface area contributed by atoms with Gasteiger partial charge in [0.25, 0.3) is 0 Å². The molecule has 0 saturated heterocycles. The van der Waals surface area contributed by atoms with E-state index in [1.165, 1.54) is 12.8 Å². The van der Waals surface area contributed by atoms with E-state index in [0.717, 1.165) is 29.2 Å². The molecule has 1 aromatic heterocycles. The maximum Gasteiger partial charge on any atom is 0.324 e. The first kappa shape index (κ1) is 9.61. The van der Waals surface area contributed by atoms with Gasteiger partial charge in [-0.1, -0.05) is 24.2 Å². The van der Waals surface area contributed by atoms with Crippen LogP contribution in [-0.4, -0.2) is 4.92 Å². The Hall–Kier alpha value is -0.940. The molecular formula is C9H12N2O2S. The lowest BCUT2D eigenvalue weighted by atomic mass is 10.1. The molecule has 1 aliphatic rings. The highest BCUT2D eigenvalue weighted by atomic mass is 32.1. The summed E-state index contributed by atoms with van der Waals surface area (Å²) >= 11 is 1.15. The van der Waals surface area contributed by atoms with E-state index in [4.69, 9.17) is 5.73 Å². The van der Waals surface area contributed by atoms with Gasteiger partial charge in [0.05, 0.1) is 4.92 Å². The third-order valence-electron chi connectivity index (χ3n) is 2.50. The molecule has 1 saturated carbocycles. The summed E-state index contributed by atoms with van der Waals surface area (Å²) in [5.41, 5.74) is 6.84. The van der Waals surface area contributed by atoms with E-state index in [2.05, 4.69) is 0 Å². The second kappa shape index (κ2) is 3.67. The topological polar surface area (TPSA) is 69.2 Å². The minimum Gasteiger partial charge on any atom is -0.324 e. The van der Waals surface area contributed by atoms with Crippen LogP contribution in [-0.2, 0) is 0 Å². The minimum absolute atomic E-state index is 0.0209. The van der Waals surface area contributed by atoms with Gasteiger partial charge in [-0.05, 0) is 17.9 Å². The van der Waals surface area contributed by atoms with Gasteiger partial charge in [-0.25, -0.2) is 0 Å². The largest absolute Gasteiger partial charge is 0.324 e. The molecule has 2 rings (SSSR count). The molecule has 5 heteroatoms. The summed E-state index contributed by atoms with van der Waals surface area (Å²) in [7, 11) is 0. The molecule has 2 N–H and O–H groups in total. The summed E-state index contributed by atoms with van der Waals surface area (Å²) in [6, 6.07) is 1.57. The van der Waals surface area contributed by atoms with Crippen LogP contribution in [0.5, 0.6) is 0 Å². The van der Waals surface area contributed by atoms with Crippen LogP contribution in [0.3, 0.4) is 0 Å². The maximum atomic E-state index is 10.4. The van der Waals surface area contributed by atoms with E-state index in [1.807, 2.05) is 0 Å². The van der Waals surface area contributed by atoms with Crippen molar-refractivity contribution in [2.75, 3.05) is 0 Å². The van der Waals surface area contributed by atoms with Crippen molar-refractivity contribution in [2.24, 2.45) is 11.7 Å². The summed E-state index contributed by atoms with van der Waals surface area (Å²) in [4.78, 5) is 10.1. The molecule has 14 heavy (non-hydrogen) atoms. The Balaban J connectivity index is 2.03. The van der Waals surface area contributed by atoms with Crippen molar-refractivity contribution < 1.29 is 4.92 Å². The SMILES string of the molecule is N[C@@H](CC1CC1)c1csc([N+](=O)[O-])c1. The molecule has 0 unspecified atom stereocenters. The minimum atomic E-state index is -0.363.